The molecular formula is C11H13N3O. The largest absolute Gasteiger partial charge is 0.489 e. The molecule has 4 heteroatoms. The van der Waals surface area contributed by atoms with E-state index in [0.717, 1.165) is 24.6 Å². The highest BCUT2D eigenvalue weighted by atomic mass is 16.5. The van der Waals surface area contributed by atoms with Gasteiger partial charge in [0.15, 0.2) is 11.6 Å². The Morgan fingerprint density at radius 2 is 2.60 bits per heavy atom. The predicted molar refractivity (Wildman–Crippen MR) is 56.7 cm³/mol. The van der Waals surface area contributed by atoms with Crippen molar-refractivity contribution in [1.82, 2.24) is 4.98 Å². The predicted octanol–water partition coefficient (Wildman–Crippen LogP) is 1.59. The van der Waals surface area contributed by atoms with E-state index in [-0.39, 0.29) is 5.92 Å². The molecule has 4 nitrogen and oxygen atoms in total. The summed E-state index contributed by atoms with van der Waals surface area (Å²) < 4.78 is 5.49. The molecule has 0 saturated heterocycles. The van der Waals surface area contributed by atoms with Crippen molar-refractivity contribution in [3.63, 3.8) is 0 Å². The second kappa shape index (κ2) is 4.18. The quantitative estimate of drug-likeness (QED) is 0.810. The highest BCUT2D eigenvalue weighted by Gasteiger charge is 2.17. The van der Waals surface area contributed by atoms with E-state index < -0.39 is 0 Å². The molecule has 0 radical (unpaired) electrons. The first-order chi connectivity index (χ1) is 7.31. The van der Waals surface area contributed by atoms with Crippen LogP contribution >= 0.6 is 0 Å². The first-order valence-electron chi connectivity index (χ1n) is 5.05. The van der Waals surface area contributed by atoms with Gasteiger partial charge in [0, 0.05) is 24.7 Å². The molecule has 0 saturated carbocycles. The Kier molecular flexibility index (Phi) is 2.72. The smallest absolute Gasteiger partial charge is 0.169 e. The number of ether oxygens (including phenoxy) is 1. The average Bonchev–Trinajstić information content (AvgIpc) is 2.74. The van der Waals surface area contributed by atoms with Crippen molar-refractivity contribution in [2.75, 3.05) is 18.5 Å². The third kappa shape index (κ3) is 2.01. The summed E-state index contributed by atoms with van der Waals surface area (Å²) in [5.41, 5.74) is 1.19. The van der Waals surface area contributed by atoms with Gasteiger partial charge in [0.2, 0.25) is 0 Å². The van der Waals surface area contributed by atoms with Gasteiger partial charge < -0.3 is 10.1 Å². The van der Waals surface area contributed by atoms with Crippen molar-refractivity contribution in [2.24, 2.45) is 5.92 Å². The standard InChI is InChI=1S/C11H13N3O/c1-8(6-12)7-14-11-10-9(2-4-13-11)3-5-15-10/h2,4,8H,3,5,7H2,1H3,(H,13,14). The van der Waals surface area contributed by atoms with E-state index in [0.29, 0.717) is 6.54 Å². The second-order valence-electron chi connectivity index (χ2n) is 3.66. The lowest BCUT2D eigenvalue weighted by atomic mass is 10.2. The van der Waals surface area contributed by atoms with Crippen LogP contribution in [0, 0.1) is 17.2 Å². The molecule has 0 amide bonds. The third-order valence-corrected chi connectivity index (χ3v) is 2.40. The van der Waals surface area contributed by atoms with Gasteiger partial charge in [-0.15, -0.1) is 0 Å². The van der Waals surface area contributed by atoms with E-state index in [1.165, 1.54) is 5.56 Å². The third-order valence-electron chi connectivity index (χ3n) is 2.40. The minimum absolute atomic E-state index is 0.0240. The van der Waals surface area contributed by atoms with Crippen molar-refractivity contribution in [3.8, 4) is 11.8 Å². The van der Waals surface area contributed by atoms with Crippen LogP contribution < -0.4 is 10.1 Å². The molecule has 1 N–H and O–H groups in total. The lowest BCUT2D eigenvalue weighted by molar-refractivity contribution is 0.357. The zero-order valence-corrected chi connectivity index (χ0v) is 8.66. The van der Waals surface area contributed by atoms with Gasteiger partial charge in [0.05, 0.1) is 18.6 Å². The normalized spacial score (nSPS) is 14.9. The summed E-state index contributed by atoms with van der Waals surface area (Å²) in [4.78, 5) is 4.21. The van der Waals surface area contributed by atoms with Crippen molar-refractivity contribution >= 4 is 5.82 Å². The molecular weight excluding hydrogens is 190 g/mol. The van der Waals surface area contributed by atoms with Crippen molar-refractivity contribution in [1.29, 1.82) is 5.26 Å². The maximum Gasteiger partial charge on any atom is 0.169 e. The minimum atomic E-state index is -0.0240. The van der Waals surface area contributed by atoms with Gasteiger partial charge >= 0.3 is 0 Å². The molecule has 0 aliphatic carbocycles. The lowest BCUT2D eigenvalue weighted by Crippen LogP contribution is -2.11. The van der Waals surface area contributed by atoms with E-state index in [1.807, 2.05) is 13.0 Å². The van der Waals surface area contributed by atoms with Crippen LogP contribution in [0.2, 0.25) is 0 Å². The number of fused-ring (bicyclic) bond motifs is 1. The Hall–Kier alpha value is -1.76. The first kappa shape index (κ1) is 9.78. The first-order valence-corrected chi connectivity index (χ1v) is 5.05. The fourth-order valence-electron chi connectivity index (χ4n) is 1.53. The summed E-state index contributed by atoms with van der Waals surface area (Å²) in [6.45, 7) is 3.20. The fourth-order valence-corrected chi connectivity index (χ4v) is 1.53. The van der Waals surface area contributed by atoms with Crippen LogP contribution in [0.25, 0.3) is 0 Å². The number of pyridine rings is 1. The van der Waals surface area contributed by atoms with E-state index >= 15 is 0 Å². The summed E-state index contributed by atoms with van der Waals surface area (Å²) in [5, 5.41) is 11.8. The van der Waals surface area contributed by atoms with E-state index in [2.05, 4.69) is 16.4 Å². The highest BCUT2D eigenvalue weighted by Crippen LogP contribution is 2.31. The fraction of sp³-hybridized carbons (Fsp3) is 0.455. The zero-order valence-electron chi connectivity index (χ0n) is 8.66. The molecule has 0 aromatic carbocycles. The van der Waals surface area contributed by atoms with E-state index in [9.17, 15) is 0 Å². The molecule has 1 aliphatic heterocycles. The maximum atomic E-state index is 8.66. The van der Waals surface area contributed by atoms with Crippen LogP contribution in [-0.4, -0.2) is 18.1 Å². The van der Waals surface area contributed by atoms with Gasteiger partial charge in [0.1, 0.15) is 0 Å². The molecule has 1 aromatic rings. The van der Waals surface area contributed by atoms with Crippen LogP contribution in [0.3, 0.4) is 0 Å². The summed E-state index contributed by atoms with van der Waals surface area (Å²) >= 11 is 0. The SMILES string of the molecule is CC(C#N)CNc1nccc2c1OCC2. The minimum Gasteiger partial charge on any atom is -0.489 e. The van der Waals surface area contributed by atoms with Crippen molar-refractivity contribution in [3.05, 3.63) is 17.8 Å². The van der Waals surface area contributed by atoms with Crippen LogP contribution in [-0.2, 0) is 6.42 Å². The number of nitrogens with one attached hydrogen (secondary N) is 1. The molecule has 1 aromatic heterocycles. The molecule has 15 heavy (non-hydrogen) atoms. The highest BCUT2D eigenvalue weighted by molar-refractivity contribution is 5.56. The molecule has 78 valence electrons. The molecule has 2 heterocycles. The van der Waals surface area contributed by atoms with Gasteiger partial charge in [0.25, 0.3) is 0 Å². The van der Waals surface area contributed by atoms with Gasteiger partial charge in [-0.3, -0.25) is 0 Å². The van der Waals surface area contributed by atoms with Gasteiger partial charge in [-0.2, -0.15) is 5.26 Å². The monoisotopic (exact) mass is 203 g/mol. The van der Waals surface area contributed by atoms with Crippen LogP contribution in [0.5, 0.6) is 5.75 Å². The molecule has 0 fully saturated rings. The van der Waals surface area contributed by atoms with Gasteiger partial charge in [-0.1, -0.05) is 0 Å². The lowest BCUT2D eigenvalue weighted by Gasteiger charge is -2.09. The second-order valence-corrected chi connectivity index (χ2v) is 3.66. The molecule has 0 bridgehead atoms. The molecule has 1 unspecified atom stereocenters. The topological polar surface area (TPSA) is 57.9 Å². The Morgan fingerprint density at radius 1 is 1.73 bits per heavy atom. The Bertz CT molecular complexity index is 397. The van der Waals surface area contributed by atoms with Crippen LogP contribution in [0.15, 0.2) is 12.3 Å². The summed E-state index contributed by atoms with van der Waals surface area (Å²) in [5.74, 6) is 1.58. The Morgan fingerprint density at radius 3 is 3.40 bits per heavy atom. The average molecular weight is 203 g/mol. The van der Waals surface area contributed by atoms with Crippen LogP contribution in [0.1, 0.15) is 12.5 Å². The number of hydrogen-bond donors (Lipinski definition) is 1. The molecule has 0 spiro atoms. The number of rotatable bonds is 3. The summed E-state index contributed by atoms with van der Waals surface area (Å²) in [6, 6.07) is 4.15. The number of hydrogen-bond acceptors (Lipinski definition) is 4. The Balaban J connectivity index is 2.10. The number of aromatic nitrogens is 1. The number of anilines is 1. The van der Waals surface area contributed by atoms with E-state index in [4.69, 9.17) is 10.00 Å². The van der Waals surface area contributed by atoms with Gasteiger partial charge in [-0.05, 0) is 13.0 Å². The molecule has 1 atom stereocenters. The summed E-state index contributed by atoms with van der Waals surface area (Å²) in [7, 11) is 0. The van der Waals surface area contributed by atoms with Crippen LogP contribution in [0.4, 0.5) is 5.82 Å². The molecule has 2 rings (SSSR count). The van der Waals surface area contributed by atoms with Gasteiger partial charge in [-0.25, -0.2) is 4.98 Å². The van der Waals surface area contributed by atoms with Crippen molar-refractivity contribution in [2.45, 2.75) is 13.3 Å². The maximum absolute atomic E-state index is 8.66. The summed E-state index contributed by atoms with van der Waals surface area (Å²) in [6.07, 6.45) is 2.72. The zero-order chi connectivity index (χ0) is 10.7. The Labute approximate surface area is 88.9 Å². The number of nitrogens with zero attached hydrogens (tertiary/aromatic N) is 2. The molecule has 1 aliphatic rings. The van der Waals surface area contributed by atoms with E-state index in [1.54, 1.807) is 6.20 Å². The van der Waals surface area contributed by atoms with Crippen molar-refractivity contribution < 1.29 is 4.74 Å². The number of nitriles is 1.